The number of hydrogen-bond donors (Lipinski definition) is 1. The highest BCUT2D eigenvalue weighted by molar-refractivity contribution is 6.34. The Bertz CT molecular complexity index is 762. The van der Waals surface area contributed by atoms with Gasteiger partial charge < -0.3 is 5.73 Å². The van der Waals surface area contributed by atoms with Gasteiger partial charge in [-0.1, -0.05) is 41.9 Å². The molecule has 3 rings (SSSR count). The van der Waals surface area contributed by atoms with Crippen LogP contribution in [0, 0.1) is 6.92 Å². The zero-order valence-corrected chi connectivity index (χ0v) is 12.1. The number of aryl methyl sites for hydroxylation is 1. The summed E-state index contributed by atoms with van der Waals surface area (Å²) in [6, 6.07) is 9.84. The van der Waals surface area contributed by atoms with Crippen molar-refractivity contribution >= 4 is 17.2 Å². The van der Waals surface area contributed by atoms with Crippen molar-refractivity contribution in [1.29, 1.82) is 0 Å². The molecule has 3 aromatic rings. The Morgan fingerprint density at radius 1 is 1.25 bits per heavy atom. The number of aromatic nitrogens is 3. The van der Waals surface area contributed by atoms with Gasteiger partial charge in [0.25, 0.3) is 0 Å². The molecular formula is C15H15ClN4. The van der Waals surface area contributed by atoms with Gasteiger partial charge in [-0.05, 0) is 13.8 Å². The van der Waals surface area contributed by atoms with E-state index in [1.54, 1.807) is 4.52 Å². The average molecular weight is 287 g/mol. The minimum absolute atomic E-state index is 0.134. The standard InChI is InChI=1S/C15H15ClN4/c1-9(17)12-8-20-15(13(16)10(2)19-20)18-14(12)11-6-4-3-5-7-11/h3-9H,17H2,1-2H3/t9-/m0/s1. The molecule has 20 heavy (non-hydrogen) atoms. The lowest BCUT2D eigenvalue weighted by Gasteiger charge is -2.12. The molecule has 0 radical (unpaired) electrons. The second-order valence-electron chi connectivity index (χ2n) is 4.87. The molecule has 0 bridgehead atoms. The zero-order valence-electron chi connectivity index (χ0n) is 11.3. The van der Waals surface area contributed by atoms with E-state index in [2.05, 4.69) is 10.1 Å². The molecule has 1 atom stereocenters. The second kappa shape index (κ2) is 4.89. The number of nitrogens with two attached hydrogens (primary N) is 1. The molecule has 0 unspecified atom stereocenters. The van der Waals surface area contributed by atoms with E-state index in [4.69, 9.17) is 17.3 Å². The lowest BCUT2D eigenvalue weighted by atomic mass is 10.0. The summed E-state index contributed by atoms with van der Waals surface area (Å²) in [6.45, 7) is 3.80. The van der Waals surface area contributed by atoms with Gasteiger partial charge in [-0.2, -0.15) is 5.10 Å². The molecule has 0 fully saturated rings. The average Bonchev–Trinajstić information content (AvgIpc) is 2.73. The van der Waals surface area contributed by atoms with Crippen molar-refractivity contribution < 1.29 is 0 Å². The number of hydrogen-bond acceptors (Lipinski definition) is 3. The third kappa shape index (κ3) is 2.07. The monoisotopic (exact) mass is 286 g/mol. The number of rotatable bonds is 2. The van der Waals surface area contributed by atoms with Crippen LogP contribution in [0.2, 0.25) is 5.02 Å². The molecule has 2 heterocycles. The van der Waals surface area contributed by atoms with Gasteiger partial charge in [-0.15, -0.1) is 0 Å². The van der Waals surface area contributed by atoms with Gasteiger partial charge in [0.05, 0.1) is 11.4 Å². The third-order valence-electron chi connectivity index (χ3n) is 3.28. The van der Waals surface area contributed by atoms with Crippen molar-refractivity contribution in [2.24, 2.45) is 5.73 Å². The Balaban J connectivity index is 2.33. The van der Waals surface area contributed by atoms with Crippen LogP contribution in [0.5, 0.6) is 0 Å². The number of halogens is 1. The Hall–Kier alpha value is -1.91. The first-order chi connectivity index (χ1) is 9.58. The topological polar surface area (TPSA) is 56.2 Å². The summed E-state index contributed by atoms with van der Waals surface area (Å²) in [4.78, 5) is 4.68. The van der Waals surface area contributed by atoms with E-state index < -0.39 is 0 Å². The van der Waals surface area contributed by atoms with Crippen LogP contribution in [-0.2, 0) is 0 Å². The summed E-state index contributed by atoms with van der Waals surface area (Å²) < 4.78 is 1.70. The van der Waals surface area contributed by atoms with Crippen LogP contribution in [0.25, 0.3) is 16.9 Å². The maximum Gasteiger partial charge on any atom is 0.174 e. The lowest BCUT2D eigenvalue weighted by Crippen LogP contribution is -2.10. The van der Waals surface area contributed by atoms with Gasteiger partial charge in [0.1, 0.15) is 5.02 Å². The number of nitrogens with zero attached hydrogens (tertiary/aromatic N) is 3. The van der Waals surface area contributed by atoms with Crippen LogP contribution in [0.15, 0.2) is 36.5 Å². The van der Waals surface area contributed by atoms with Gasteiger partial charge in [0.15, 0.2) is 5.65 Å². The molecule has 0 spiro atoms. The van der Waals surface area contributed by atoms with E-state index in [0.29, 0.717) is 10.7 Å². The summed E-state index contributed by atoms with van der Waals surface area (Å²) in [7, 11) is 0. The lowest BCUT2D eigenvalue weighted by molar-refractivity contribution is 0.788. The molecule has 2 N–H and O–H groups in total. The summed E-state index contributed by atoms with van der Waals surface area (Å²) in [5, 5.41) is 4.94. The Morgan fingerprint density at radius 3 is 2.60 bits per heavy atom. The maximum absolute atomic E-state index is 6.26. The van der Waals surface area contributed by atoms with Crippen LogP contribution in [0.1, 0.15) is 24.2 Å². The first-order valence-corrected chi connectivity index (χ1v) is 6.82. The fraction of sp³-hybridized carbons (Fsp3) is 0.200. The molecular weight excluding hydrogens is 272 g/mol. The van der Waals surface area contributed by atoms with Crippen LogP contribution < -0.4 is 5.73 Å². The first-order valence-electron chi connectivity index (χ1n) is 6.44. The van der Waals surface area contributed by atoms with Crippen LogP contribution in [0.3, 0.4) is 0 Å². The van der Waals surface area contributed by atoms with Crippen molar-refractivity contribution in [3.63, 3.8) is 0 Å². The Kier molecular flexibility index (Phi) is 3.20. The fourth-order valence-electron chi connectivity index (χ4n) is 2.23. The smallest absolute Gasteiger partial charge is 0.174 e. The normalized spacial score (nSPS) is 12.8. The Morgan fingerprint density at radius 2 is 1.95 bits per heavy atom. The molecule has 102 valence electrons. The highest BCUT2D eigenvalue weighted by Gasteiger charge is 2.16. The quantitative estimate of drug-likeness (QED) is 0.786. The van der Waals surface area contributed by atoms with Gasteiger partial charge in [0, 0.05) is 23.4 Å². The zero-order chi connectivity index (χ0) is 14.3. The highest BCUT2D eigenvalue weighted by Crippen LogP contribution is 2.28. The predicted molar refractivity (Wildman–Crippen MR) is 80.8 cm³/mol. The largest absolute Gasteiger partial charge is 0.324 e. The molecule has 0 amide bonds. The van der Waals surface area contributed by atoms with E-state index in [0.717, 1.165) is 22.5 Å². The third-order valence-corrected chi connectivity index (χ3v) is 3.72. The van der Waals surface area contributed by atoms with Crippen LogP contribution in [0.4, 0.5) is 0 Å². The first kappa shape index (κ1) is 13.1. The highest BCUT2D eigenvalue weighted by atomic mass is 35.5. The molecule has 0 aliphatic carbocycles. The van der Waals surface area contributed by atoms with Crippen molar-refractivity contribution in [1.82, 2.24) is 14.6 Å². The SMILES string of the molecule is Cc1nn2cc([C@H](C)N)c(-c3ccccc3)nc2c1Cl. The summed E-state index contributed by atoms with van der Waals surface area (Å²) in [6.07, 6.45) is 1.91. The van der Waals surface area contributed by atoms with Gasteiger partial charge >= 0.3 is 0 Å². The van der Waals surface area contributed by atoms with Gasteiger partial charge in [0.2, 0.25) is 0 Å². The number of fused-ring (bicyclic) bond motifs is 1. The molecule has 5 heteroatoms. The van der Waals surface area contributed by atoms with E-state index in [9.17, 15) is 0 Å². The van der Waals surface area contributed by atoms with E-state index in [-0.39, 0.29) is 6.04 Å². The summed E-state index contributed by atoms with van der Waals surface area (Å²) in [5.41, 5.74) is 10.3. The van der Waals surface area contributed by atoms with E-state index in [1.165, 1.54) is 0 Å². The van der Waals surface area contributed by atoms with Crippen molar-refractivity contribution in [3.05, 3.63) is 52.8 Å². The fourth-order valence-corrected chi connectivity index (χ4v) is 2.40. The minimum Gasteiger partial charge on any atom is -0.324 e. The van der Waals surface area contributed by atoms with Gasteiger partial charge in [-0.3, -0.25) is 0 Å². The van der Waals surface area contributed by atoms with Crippen molar-refractivity contribution in [3.8, 4) is 11.3 Å². The van der Waals surface area contributed by atoms with E-state index in [1.807, 2.05) is 50.4 Å². The van der Waals surface area contributed by atoms with E-state index >= 15 is 0 Å². The summed E-state index contributed by atoms with van der Waals surface area (Å²) >= 11 is 6.26. The maximum atomic E-state index is 6.26. The predicted octanol–water partition coefficient (Wildman–Crippen LogP) is 3.38. The second-order valence-corrected chi connectivity index (χ2v) is 5.25. The van der Waals surface area contributed by atoms with Crippen molar-refractivity contribution in [2.75, 3.05) is 0 Å². The van der Waals surface area contributed by atoms with Gasteiger partial charge in [-0.25, -0.2) is 9.50 Å². The summed E-state index contributed by atoms with van der Waals surface area (Å²) in [5.74, 6) is 0. The van der Waals surface area contributed by atoms with Crippen molar-refractivity contribution in [2.45, 2.75) is 19.9 Å². The molecule has 0 saturated heterocycles. The molecule has 0 aliphatic heterocycles. The van der Waals surface area contributed by atoms with Crippen LogP contribution >= 0.6 is 11.6 Å². The molecule has 0 saturated carbocycles. The molecule has 4 nitrogen and oxygen atoms in total. The van der Waals surface area contributed by atoms with Crippen LogP contribution in [-0.4, -0.2) is 14.6 Å². The molecule has 2 aromatic heterocycles. The number of benzene rings is 1. The Labute approximate surface area is 122 Å². The minimum atomic E-state index is -0.134. The molecule has 1 aromatic carbocycles. The molecule has 0 aliphatic rings.